The third kappa shape index (κ3) is 0.824. The first-order valence-corrected chi connectivity index (χ1v) is 3.51. The van der Waals surface area contributed by atoms with Crippen molar-refractivity contribution in [1.82, 2.24) is 4.90 Å². The Balaban J connectivity index is 2.01. The highest BCUT2D eigenvalue weighted by molar-refractivity contribution is 5.79. The maximum Gasteiger partial charge on any atom is 0.222 e. The van der Waals surface area contributed by atoms with Crippen molar-refractivity contribution in [2.45, 2.75) is 25.3 Å². The van der Waals surface area contributed by atoms with Crippen molar-refractivity contribution in [3.8, 4) is 0 Å². The van der Waals surface area contributed by atoms with Crippen LogP contribution in [0.1, 0.15) is 19.3 Å². The minimum Gasteiger partial charge on any atom is -0.339 e. The Morgan fingerprint density at radius 1 is 1.67 bits per heavy atom. The third-order valence-corrected chi connectivity index (χ3v) is 1.96. The van der Waals surface area contributed by atoms with Crippen molar-refractivity contribution in [3.05, 3.63) is 6.42 Å². The van der Waals surface area contributed by atoms with Gasteiger partial charge in [0, 0.05) is 19.0 Å². The van der Waals surface area contributed by atoms with Crippen molar-refractivity contribution in [2.75, 3.05) is 6.54 Å². The van der Waals surface area contributed by atoms with Crippen molar-refractivity contribution in [1.29, 1.82) is 0 Å². The summed E-state index contributed by atoms with van der Waals surface area (Å²) in [6, 6.07) is 0.528. The molecule has 1 saturated carbocycles. The number of carbonyl (C=O) groups excluding carboxylic acids is 1. The first-order valence-electron chi connectivity index (χ1n) is 3.51. The molecule has 1 heterocycles. The van der Waals surface area contributed by atoms with Crippen molar-refractivity contribution >= 4 is 5.91 Å². The number of carbonyl (C=O) groups is 1. The molecule has 0 aromatic carbocycles. The molecule has 1 saturated heterocycles. The second kappa shape index (κ2) is 1.72. The van der Waals surface area contributed by atoms with Crippen LogP contribution >= 0.6 is 0 Å². The molecule has 1 atom stereocenters. The Labute approximate surface area is 54.8 Å². The van der Waals surface area contributed by atoms with Gasteiger partial charge in [0.1, 0.15) is 0 Å². The lowest BCUT2D eigenvalue weighted by Crippen LogP contribution is -2.26. The summed E-state index contributed by atoms with van der Waals surface area (Å²) in [5.41, 5.74) is 0. The zero-order valence-corrected chi connectivity index (χ0v) is 5.34. The summed E-state index contributed by atoms with van der Waals surface area (Å²) in [4.78, 5) is 12.9. The zero-order chi connectivity index (χ0) is 6.27. The normalized spacial score (nSPS) is 27.6. The molecular formula is C7H10NO. The monoisotopic (exact) mass is 124 g/mol. The molecule has 9 heavy (non-hydrogen) atoms. The van der Waals surface area contributed by atoms with Gasteiger partial charge in [0.15, 0.2) is 0 Å². The van der Waals surface area contributed by atoms with Gasteiger partial charge in [-0.1, -0.05) is 0 Å². The third-order valence-electron chi connectivity index (χ3n) is 1.96. The molecule has 0 N–H and O–H groups in total. The van der Waals surface area contributed by atoms with E-state index >= 15 is 0 Å². The van der Waals surface area contributed by atoms with Gasteiger partial charge in [0.25, 0.3) is 0 Å². The number of hydrogen-bond acceptors (Lipinski definition) is 1. The van der Waals surface area contributed by atoms with E-state index in [4.69, 9.17) is 0 Å². The molecule has 0 aromatic heterocycles. The Hall–Kier alpha value is -0.530. The summed E-state index contributed by atoms with van der Waals surface area (Å²) < 4.78 is 0. The molecule has 1 unspecified atom stereocenters. The van der Waals surface area contributed by atoms with E-state index in [0.717, 1.165) is 25.8 Å². The zero-order valence-electron chi connectivity index (χ0n) is 5.34. The van der Waals surface area contributed by atoms with E-state index < -0.39 is 0 Å². The molecular weight excluding hydrogens is 114 g/mol. The van der Waals surface area contributed by atoms with Crippen LogP contribution in [0.2, 0.25) is 0 Å². The summed E-state index contributed by atoms with van der Waals surface area (Å²) in [6.45, 7) is 1.00. The molecule has 2 rings (SSSR count). The van der Waals surface area contributed by atoms with E-state index in [1.807, 2.05) is 4.90 Å². The van der Waals surface area contributed by atoms with Gasteiger partial charge >= 0.3 is 0 Å². The second-order valence-electron chi connectivity index (χ2n) is 2.73. The fraction of sp³-hybridized carbons (Fsp3) is 0.714. The Bertz CT molecular complexity index is 140. The summed E-state index contributed by atoms with van der Waals surface area (Å²) >= 11 is 0. The number of hydrogen-bond donors (Lipinski definition) is 0. The van der Waals surface area contributed by atoms with Gasteiger partial charge in [-0.25, -0.2) is 0 Å². The molecule has 1 aliphatic carbocycles. The van der Waals surface area contributed by atoms with Crippen LogP contribution in [0.25, 0.3) is 0 Å². The molecule has 1 aliphatic heterocycles. The maximum absolute atomic E-state index is 11.0. The van der Waals surface area contributed by atoms with E-state index in [2.05, 4.69) is 6.42 Å². The van der Waals surface area contributed by atoms with Gasteiger partial charge in [-0.3, -0.25) is 4.79 Å². The lowest BCUT2D eigenvalue weighted by molar-refractivity contribution is -0.127. The summed E-state index contributed by atoms with van der Waals surface area (Å²) in [6.07, 6.45) is 5.17. The molecule has 1 amide bonds. The standard InChI is InChI=1S/C7H10NO/c9-7-2-1-5-8(7)6-3-4-6/h3,6H,1-2,4-5H2. The highest BCUT2D eigenvalue weighted by atomic mass is 16.2. The van der Waals surface area contributed by atoms with Crippen LogP contribution in [0.15, 0.2) is 0 Å². The number of rotatable bonds is 1. The largest absolute Gasteiger partial charge is 0.339 e. The van der Waals surface area contributed by atoms with E-state index in [-0.39, 0.29) is 0 Å². The number of likely N-dealkylation sites (tertiary alicyclic amines) is 1. The molecule has 0 aromatic rings. The van der Waals surface area contributed by atoms with Crippen LogP contribution in [-0.2, 0) is 4.79 Å². The summed E-state index contributed by atoms with van der Waals surface area (Å²) in [5, 5.41) is 0. The molecule has 2 aliphatic rings. The molecule has 2 heteroatoms. The summed E-state index contributed by atoms with van der Waals surface area (Å²) in [5.74, 6) is 0.355. The lowest BCUT2D eigenvalue weighted by atomic mass is 10.4. The number of nitrogens with zero attached hydrogens (tertiary/aromatic N) is 1. The van der Waals surface area contributed by atoms with Crippen LogP contribution in [0.3, 0.4) is 0 Å². The van der Waals surface area contributed by atoms with Gasteiger partial charge in [0.05, 0.1) is 0 Å². The molecule has 1 radical (unpaired) electrons. The highest BCUT2D eigenvalue weighted by Gasteiger charge is 2.34. The lowest BCUT2D eigenvalue weighted by Gasteiger charge is -2.12. The molecule has 0 bridgehead atoms. The topological polar surface area (TPSA) is 20.3 Å². The fourth-order valence-corrected chi connectivity index (χ4v) is 1.34. The Kier molecular flexibility index (Phi) is 1.01. The van der Waals surface area contributed by atoms with Gasteiger partial charge in [-0.2, -0.15) is 0 Å². The number of amides is 1. The first-order chi connectivity index (χ1) is 4.38. The maximum atomic E-state index is 11.0. The second-order valence-corrected chi connectivity index (χ2v) is 2.73. The molecule has 2 nitrogen and oxygen atoms in total. The Morgan fingerprint density at radius 2 is 2.44 bits per heavy atom. The highest BCUT2D eigenvalue weighted by Crippen LogP contribution is 2.28. The Morgan fingerprint density at radius 3 is 2.89 bits per heavy atom. The SMILES string of the molecule is O=C1CCCN1C1[CH]C1. The van der Waals surface area contributed by atoms with Gasteiger partial charge in [-0.05, 0) is 19.3 Å². The van der Waals surface area contributed by atoms with E-state index in [1.54, 1.807) is 0 Å². The fourth-order valence-electron chi connectivity index (χ4n) is 1.34. The smallest absolute Gasteiger partial charge is 0.222 e. The predicted octanol–water partition coefficient (Wildman–Crippen LogP) is 0.585. The average Bonchev–Trinajstić information content (AvgIpc) is 2.58. The minimum absolute atomic E-state index is 0.355. The van der Waals surface area contributed by atoms with Gasteiger partial charge in [-0.15, -0.1) is 0 Å². The quantitative estimate of drug-likeness (QED) is 0.501. The van der Waals surface area contributed by atoms with Crippen LogP contribution in [-0.4, -0.2) is 23.4 Å². The van der Waals surface area contributed by atoms with Gasteiger partial charge < -0.3 is 4.90 Å². The van der Waals surface area contributed by atoms with E-state index in [0.29, 0.717) is 11.9 Å². The van der Waals surface area contributed by atoms with E-state index in [9.17, 15) is 4.79 Å². The van der Waals surface area contributed by atoms with E-state index in [1.165, 1.54) is 0 Å². The predicted molar refractivity (Wildman–Crippen MR) is 33.7 cm³/mol. The van der Waals surface area contributed by atoms with Gasteiger partial charge in [0.2, 0.25) is 5.91 Å². The van der Waals surface area contributed by atoms with Crippen molar-refractivity contribution in [3.63, 3.8) is 0 Å². The van der Waals surface area contributed by atoms with Crippen molar-refractivity contribution < 1.29 is 4.79 Å². The van der Waals surface area contributed by atoms with Crippen LogP contribution < -0.4 is 0 Å². The first kappa shape index (κ1) is 5.27. The minimum atomic E-state index is 0.355. The average molecular weight is 124 g/mol. The van der Waals surface area contributed by atoms with Crippen molar-refractivity contribution in [2.24, 2.45) is 0 Å². The molecule has 2 fully saturated rings. The van der Waals surface area contributed by atoms with Crippen LogP contribution in [0.5, 0.6) is 0 Å². The van der Waals surface area contributed by atoms with Crippen LogP contribution in [0.4, 0.5) is 0 Å². The summed E-state index contributed by atoms with van der Waals surface area (Å²) in [7, 11) is 0. The molecule has 0 spiro atoms. The van der Waals surface area contributed by atoms with Crippen LogP contribution in [0, 0.1) is 6.42 Å². The molecule has 49 valence electrons.